The van der Waals surface area contributed by atoms with Crippen molar-refractivity contribution in [3.05, 3.63) is 70.8 Å². The van der Waals surface area contributed by atoms with Gasteiger partial charge in [0, 0.05) is 5.56 Å². The maximum atomic E-state index is 13.9. The third kappa shape index (κ3) is 3.92. The van der Waals surface area contributed by atoms with Crippen molar-refractivity contribution in [2.24, 2.45) is 5.92 Å². The quantitative estimate of drug-likeness (QED) is 0.648. The average Bonchev–Trinajstić information content (AvgIpc) is 2.66. The molecule has 0 aliphatic carbocycles. The van der Waals surface area contributed by atoms with Gasteiger partial charge in [0.15, 0.2) is 5.78 Å². The number of aliphatic hydroxyl groups is 1. The largest absolute Gasteiger partial charge is 0.437 e. The summed E-state index contributed by atoms with van der Waals surface area (Å²) in [6.45, 7) is 5.71. The Morgan fingerprint density at radius 3 is 2.13 bits per heavy atom. The van der Waals surface area contributed by atoms with E-state index in [9.17, 15) is 27.9 Å². The summed E-state index contributed by atoms with van der Waals surface area (Å²) >= 11 is 0. The molecule has 1 aliphatic rings. The Labute approximate surface area is 172 Å². The van der Waals surface area contributed by atoms with E-state index in [1.54, 1.807) is 43.3 Å². The molecule has 5 nitrogen and oxygen atoms in total. The van der Waals surface area contributed by atoms with Crippen LogP contribution in [-0.4, -0.2) is 28.8 Å². The lowest BCUT2D eigenvalue weighted by molar-refractivity contribution is -0.287. The van der Waals surface area contributed by atoms with Gasteiger partial charge in [-0.25, -0.2) is 4.79 Å². The highest BCUT2D eigenvalue weighted by Crippen LogP contribution is 2.44. The Kier molecular flexibility index (Phi) is 5.64. The molecule has 160 valence electrons. The molecule has 0 spiro atoms. The number of hydrogen-bond donors (Lipinski definition) is 3. The first-order chi connectivity index (χ1) is 13.9. The fraction of sp³-hybridized carbons (Fsp3) is 0.364. The lowest BCUT2D eigenvalue weighted by atomic mass is 9.77. The van der Waals surface area contributed by atoms with Crippen LogP contribution in [0.25, 0.3) is 0 Å². The Morgan fingerprint density at radius 2 is 1.63 bits per heavy atom. The molecule has 0 saturated carbocycles. The molecule has 1 heterocycles. The van der Waals surface area contributed by atoms with Crippen LogP contribution in [0.4, 0.5) is 18.0 Å². The number of halogens is 3. The molecule has 0 radical (unpaired) electrons. The minimum Gasteiger partial charge on any atom is -0.363 e. The minimum absolute atomic E-state index is 0.00928. The molecule has 0 aromatic heterocycles. The van der Waals surface area contributed by atoms with Crippen LogP contribution in [0.1, 0.15) is 52.9 Å². The number of rotatable bonds is 4. The zero-order chi connectivity index (χ0) is 22.3. The number of urea groups is 1. The Bertz CT molecular complexity index is 940. The molecular formula is C22H23F3N2O3. The SMILES string of the molecule is Cc1ccc(C(=O)[C@@H]2[C@@H](c3ccc(C(C)C)cc3)NC(=O)N[C@@]2(O)C(F)(F)F)cc1. The Balaban J connectivity index is 2.13. The molecule has 3 rings (SSSR count). The first-order valence-electron chi connectivity index (χ1n) is 9.52. The van der Waals surface area contributed by atoms with Crippen LogP contribution < -0.4 is 10.6 Å². The van der Waals surface area contributed by atoms with Gasteiger partial charge >= 0.3 is 12.2 Å². The molecule has 2 amide bonds. The van der Waals surface area contributed by atoms with Gasteiger partial charge < -0.3 is 15.7 Å². The second-order valence-electron chi connectivity index (χ2n) is 7.87. The summed E-state index contributed by atoms with van der Waals surface area (Å²) in [5.74, 6) is -2.76. The van der Waals surface area contributed by atoms with Crippen molar-refractivity contribution in [2.45, 2.75) is 44.6 Å². The molecule has 8 heteroatoms. The fourth-order valence-electron chi connectivity index (χ4n) is 3.60. The molecule has 3 N–H and O–H groups in total. The predicted molar refractivity (Wildman–Crippen MR) is 105 cm³/mol. The van der Waals surface area contributed by atoms with Gasteiger partial charge in [0.1, 0.15) is 5.92 Å². The van der Waals surface area contributed by atoms with Gasteiger partial charge in [-0.2, -0.15) is 13.2 Å². The number of amides is 2. The molecule has 2 aromatic carbocycles. The summed E-state index contributed by atoms with van der Waals surface area (Å²) < 4.78 is 41.7. The molecule has 0 unspecified atom stereocenters. The molecule has 1 saturated heterocycles. The average molecular weight is 420 g/mol. The number of benzene rings is 2. The summed E-state index contributed by atoms with van der Waals surface area (Å²) in [5.41, 5.74) is -1.64. The smallest absolute Gasteiger partial charge is 0.363 e. The van der Waals surface area contributed by atoms with Crippen molar-refractivity contribution in [1.82, 2.24) is 10.6 Å². The second kappa shape index (κ2) is 7.75. The number of Topliss-reactive ketones (excluding diaryl/α,β-unsaturated/α-hetero) is 1. The van der Waals surface area contributed by atoms with Crippen molar-refractivity contribution in [1.29, 1.82) is 0 Å². The van der Waals surface area contributed by atoms with E-state index < -0.39 is 35.7 Å². The van der Waals surface area contributed by atoms with Crippen LogP contribution in [0, 0.1) is 12.8 Å². The summed E-state index contributed by atoms with van der Waals surface area (Å²) in [6, 6.07) is 10.0. The van der Waals surface area contributed by atoms with Crippen LogP contribution in [0.2, 0.25) is 0 Å². The maximum Gasteiger partial charge on any atom is 0.437 e. The fourth-order valence-corrected chi connectivity index (χ4v) is 3.60. The molecule has 1 aliphatic heterocycles. The lowest BCUT2D eigenvalue weighted by Crippen LogP contribution is -2.72. The highest BCUT2D eigenvalue weighted by atomic mass is 19.4. The molecular weight excluding hydrogens is 397 g/mol. The van der Waals surface area contributed by atoms with Crippen molar-refractivity contribution >= 4 is 11.8 Å². The number of aryl methyl sites for hydroxylation is 1. The van der Waals surface area contributed by atoms with E-state index in [1.165, 1.54) is 17.4 Å². The van der Waals surface area contributed by atoms with Gasteiger partial charge in [0.2, 0.25) is 5.72 Å². The van der Waals surface area contributed by atoms with Crippen molar-refractivity contribution < 1.29 is 27.9 Å². The number of carbonyl (C=O) groups is 2. The number of alkyl halides is 3. The zero-order valence-electron chi connectivity index (χ0n) is 16.7. The summed E-state index contributed by atoms with van der Waals surface area (Å²) in [7, 11) is 0. The van der Waals surface area contributed by atoms with Crippen LogP contribution in [0.3, 0.4) is 0 Å². The van der Waals surface area contributed by atoms with Gasteiger partial charge in [-0.1, -0.05) is 67.9 Å². The number of nitrogens with one attached hydrogen (secondary N) is 2. The Morgan fingerprint density at radius 1 is 1.07 bits per heavy atom. The predicted octanol–water partition coefficient (Wildman–Crippen LogP) is 4.22. The number of hydrogen-bond acceptors (Lipinski definition) is 3. The summed E-state index contributed by atoms with van der Waals surface area (Å²) in [6.07, 6.45) is -5.27. The van der Waals surface area contributed by atoms with Crippen LogP contribution >= 0.6 is 0 Å². The maximum absolute atomic E-state index is 13.9. The highest BCUT2D eigenvalue weighted by Gasteiger charge is 2.66. The van der Waals surface area contributed by atoms with E-state index in [4.69, 9.17) is 0 Å². The Hall–Kier alpha value is -2.87. The third-order valence-electron chi connectivity index (χ3n) is 5.39. The van der Waals surface area contributed by atoms with E-state index in [0.717, 1.165) is 11.1 Å². The molecule has 0 bridgehead atoms. The van der Waals surface area contributed by atoms with E-state index in [2.05, 4.69) is 5.32 Å². The van der Waals surface area contributed by atoms with Crippen molar-refractivity contribution in [3.8, 4) is 0 Å². The summed E-state index contributed by atoms with van der Waals surface area (Å²) in [5, 5.41) is 14.5. The van der Waals surface area contributed by atoms with E-state index >= 15 is 0 Å². The van der Waals surface area contributed by atoms with Gasteiger partial charge in [0.25, 0.3) is 0 Å². The molecule has 30 heavy (non-hydrogen) atoms. The molecule has 1 fully saturated rings. The van der Waals surface area contributed by atoms with Gasteiger partial charge in [-0.15, -0.1) is 0 Å². The van der Waals surface area contributed by atoms with Crippen LogP contribution in [0.15, 0.2) is 48.5 Å². The van der Waals surface area contributed by atoms with Gasteiger partial charge in [0.05, 0.1) is 6.04 Å². The third-order valence-corrected chi connectivity index (χ3v) is 5.39. The normalized spacial score (nSPS) is 24.3. The number of carbonyl (C=O) groups excluding carboxylic acids is 2. The number of ketones is 1. The lowest BCUT2D eigenvalue weighted by Gasteiger charge is -2.45. The molecule has 3 atom stereocenters. The highest BCUT2D eigenvalue weighted by molar-refractivity contribution is 6.00. The van der Waals surface area contributed by atoms with E-state index in [0.29, 0.717) is 5.56 Å². The topological polar surface area (TPSA) is 78.4 Å². The second-order valence-corrected chi connectivity index (χ2v) is 7.87. The van der Waals surface area contributed by atoms with E-state index in [1.807, 2.05) is 13.8 Å². The zero-order valence-corrected chi connectivity index (χ0v) is 16.7. The first-order valence-corrected chi connectivity index (χ1v) is 9.52. The van der Waals surface area contributed by atoms with Gasteiger partial charge in [-0.05, 0) is 24.0 Å². The minimum atomic E-state index is -5.27. The van der Waals surface area contributed by atoms with Crippen molar-refractivity contribution in [2.75, 3.05) is 0 Å². The summed E-state index contributed by atoms with van der Waals surface area (Å²) in [4.78, 5) is 25.2. The van der Waals surface area contributed by atoms with Crippen molar-refractivity contribution in [3.63, 3.8) is 0 Å². The van der Waals surface area contributed by atoms with Crippen LogP contribution in [-0.2, 0) is 0 Å². The van der Waals surface area contributed by atoms with Crippen LogP contribution in [0.5, 0.6) is 0 Å². The molecule has 2 aromatic rings. The van der Waals surface area contributed by atoms with E-state index in [-0.39, 0.29) is 11.5 Å². The van der Waals surface area contributed by atoms with Gasteiger partial charge in [-0.3, -0.25) is 4.79 Å². The first kappa shape index (κ1) is 21.8. The standard InChI is InChI=1S/C22H23F3N2O3/c1-12(2)14-8-10-15(11-9-14)18-17(19(28)16-6-4-13(3)5-7-16)21(30,22(23,24)25)27-20(29)26-18/h4-12,17-18,30H,1-3H3,(H2,26,27,29)/t17-,18+,21-/m0/s1. The monoisotopic (exact) mass is 420 g/mol.